The maximum absolute atomic E-state index is 8.56. The summed E-state index contributed by atoms with van der Waals surface area (Å²) in [7, 11) is 1.83. The Morgan fingerprint density at radius 3 is 2.91 bits per heavy atom. The average Bonchev–Trinajstić information content (AvgIpc) is 2.00. The van der Waals surface area contributed by atoms with Gasteiger partial charge in [-0.05, 0) is 12.2 Å². The Hall–Kier alpha value is -0.610. The summed E-state index contributed by atoms with van der Waals surface area (Å²) < 4.78 is 0. The van der Waals surface area contributed by atoms with E-state index in [9.17, 15) is 0 Å². The van der Waals surface area contributed by atoms with Gasteiger partial charge in [0.05, 0.1) is 6.61 Å². The zero-order valence-corrected chi connectivity index (χ0v) is 7.52. The second kappa shape index (κ2) is 6.12. The molecule has 0 fully saturated rings. The van der Waals surface area contributed by atoms with E-state index in [1.807, 2.05) is 7.05 Å². The fourth-order valence-electron chi connectivity index (χ4n) is 0.546. The molecular weight excluding hydrogens is 160 g/mol. The molecule has 0 unspecified atom stereocenters. The third-order valence-electron chi connectivity index (χ3n) is 1.18. The SMILES string of the molecule is C=CCNC(=S)N(C)CCO. The molecule has 0 aromatic heterocycles. The van der Waals surface area contributed by atoms with Crippen molar-refractivity contribution in [2.75, 3.05) is 26.7 Å². The van der Waals surface area contributed by atoms with Crippen molar-refractivity contribution in [1.29, 1.82) is 0 Å². The molecule has 0 aromatic carbocycles. The molecule has 0 saturated carbocycles. The lowest BCUT2D eigenvalue weighted by atomic mass is 10.6. The molecule has 0 atom stereocenters. The Morgan fingerprint density at radius 1 is 1.82 bits per heavy atom. The molecule has 0 amide bonds. The van der Waals surface area contributed by atoms with Gasteiger partial charge in [-0.2, -0.15) is 0 Å². The van der Waals surface area contributed by atoms with Crippen molar-refractivity contribution >= 4 is 17.3 Å². The monoisotopic (exact) mass is 174 g/mol. The minimum absolute atomic E-state index is 0.117. The van der Waals surface area contributed by atoms with Gasteiger partial charge in [-0.3, -0.25) is 0 Å². The van der Waals surface area contributed by atoms with Crippen molar-refractivity contribution in [3.8, 4) is 0 Å². The fourth-order valence-corrected chi connectivity index (χ4v) is 0.721. The summed E-state index contributed by atoms with van der Waals surface area (Å²) in [6.07, 6.45) is 1.74. The number of nitrogens with one attached hydrogen (secondary N) is 1. The van der Waals surface area contributed by atoms with Gasteiger partial charge < -0.3 is 15.3 Å². The van der Waals surface area contributed by atoms with E-state index in [1.165, 1.54) is 0 Å². The fraction of sp³-hybridized carbons (Fsp3) is 0.571. The Bertz CT molecular complexity index is 138. The summed E-state index contributed by atoms with van der Waals surface area (Å²) >= 11 is 4.96. The van der Waals surface area contributed by atoms with E-state index >= 15 is 0 Å². The Morgan fingerprint density at radius 2 is 2.45 bits per heavy atom. The second-order valence-corrected chi connectivity index (χ2v) is 2.51. The molecular formula is C7H14N2OS. The first-order chi connectivity index (χ1) is 5.22. The van der Waals surface area contributed by atoms with Gasteiger partial charge in [-0.15, -0.1) is 6.58 Å². The number of rotatable bonds is 4. The van der Waals surface area contributed by atoms with E-state index in [1.54, 1.807) is 11.0 Å². The van der Waals surface area contributed by atoms with Crippen molar-refractivity contribution in [2.45, 2.75) is 0 Å². The number of nitrogens with zero attached hydrogens (tertiary/aromatic N) is 1. The minimum atomic E-state index is 0.117. The predicted molar refractivity (Wildman–Crippen MR) is 50.5 cm³/mol. The van der Waals surface area contributed by atoms with Crippen molar-refractivity contribution in [1.82, 2.24) is 10.2 Å². The van der Waals surface area contributed by atoms with E-state index in [4.69, 9.17) is 17.3 Å². The van der Waals surface area contributed by atoms with Crippen LogP contribution in [0.15, 0.2) is 12.7 Å². The number of thiocarbonyl (C=S) groups is 1. The van der Waals surface area contributed by atoms with Crippen LogP contribution in [0.3, 0.4) is 0 Å². The maximum atomic E-state index is 8.56. The van der Waals surface area contributed by atoms with Gasteiger partial charge in [0.2, 0.25) is 0 Å². The van der Waals surface area contributed by atoms with Gasteiger partial charge in [0.25, 0.3) is 0 Å². The van der Waals surface area contributed by atoms with Gasteiger partial charge >= 0.3 is 0 Å². The summed E-state index contributed by atoms with van der Waals surface area (Å²) in [6.45, 7) is 4.89. The van der Waals surface area contributed by atoms with Crippen LogP contribution in [0, 0.1) is 0 Å². The normalized spacial score (nSPS) is 8.91. The molecule has 0 aliphatic heterocycles. The number of likely N-dealkylation sites (N-methyl/N-ethyl adjacent to an activating group) is 1. The van der Waals surface area contributed by atoms with Crippen LogP contribution in [0.5, 0.6) is 0 Å². The van der Waals surface area contributed by atoms with Gasteiger partial charge in [0.1, 0.15) is 0 Å². The van der Waals surface area contributed by atoms with Crippen molar-refractivity contribution < 1.29 is 5.11 Å². The van der Waals surface area contributed by atoms with Gasteiger partial charge in [0.15, 0.2) is 5.11 Å². The largest absolute Gasteiger partial charge is 0.395 e. The van der Waals surface area contributed by atoms with Crippen molar-refractivity contribution in [3.63, 3.8) is 0 Å². The molecule has 0 saturated heterocycles. The number of hydrogen-bond donors (Lipinski definition) is 2. The topological polar surface area (TPSA) is 35.5 Å². The summed E-state index contributed by atoms with van der Waals surface area (Å²) in [5.41, 5.74) is 0. The molecule has 3 nitrogen and oxygen atoms in total. The smallest absolute Gasteiger partial charge is 0.168 e. The molecule has 0 aliphatic rings. The van der Waals surface area contributed by atoms with E-state index in [0.29, 0.717) is 18.2 Å². The third kappa shape index (κ3) is 4.75. The molecule has 64 valence electrons. The zero-order valence-electron chi connectivity index (χ0n) is 6.71. The highest BCUT2D eigenvalue weighted by Gasteiger charge is 1.99. The summed E-state index contributed by atoms with van der Waals surface area (Å²) in [5.74, 6) is 0. The van der Waals surface area contributed by atoms with Crippen LogP contribution in [0.1, 0.15) is 0 Å². The number of hydrogen-bond acceptors (Lipinski definition) is 2. The number of aliphatic hydroxyl groups excluding tert-OH is 1. The summed E-state index contributed by atoms with van der Waals surface area (Å²) in [4.78, 5) is 1.78. The van der Waals surface area contributed by atoms with E-state index in [0.717, 1.165) is 0 Å². The molecule has 11 heavy (non-hydrogen) atoms. The highest BCUT2D eigenvalue weighted by atomic mass is 32.1. The van der Waals surface area contributed by atoms with E-state index in [2.05, 4.69) is 11.9 Å². The Balaban J connectivity index is 3.54. The lowest BCUT2D eigenvalue weighted by molar-refractivity contribution is 0.263. The second-order valence-electron chi connectivity index (χ2n) is 2.12. The van der Waals surface area contributed by atoms with E-state index in [-0.39, 0.29) is 6.61 Å². The first-order valence-corrected chi connectivity index (χ1v) is 3.84. The molecule has 0 aromatic rings. The molecule has 0 radical (unpaired) electrons. The highest BCUT2D eigenvalue weighted by Crippen LogP contribution is 1.82. The molecule has 0 spiro atoms. The predicted octanol–water partition coefficient (Wildman–Crippen LogP) is -0.0290. The zero-order chi connectivity index (χ0) is 8.69. The van der Waals surface area contributed by atoms with Gasteiger partial charge in [-0.1, -0.05) is 6.08 Å². The molecule has 0 rings (SSSR count). The molecule has 2 N–H and O–H groups in total. The lowest BCUT2D eigenvalue weighted by Crippen LogP contribution is -2.38. The first kappa shape index (κ1) is 10.4. The van der Waals surface area contributed by atoms with Crippen LogP contribution in [-0.2, 0) is 0 Å². The van der Waals surface area contributed by atoms with Crippen molar-refractivity contribution in [2.24, 2.45) is 0 Å². The van der Waals surface area contributed by atoms with Crippen LogP contribution in [0.25, 0.3) is 0 Å². The molecule has 4 heteroatoms. The van der Waals surface area contributed by atoms with Crippen LogP contribution in [-0.4, -0.2) is 41.9 Å². The highest BCUT2D eigenvalue weighted by molar-refractivity contribution is 7.80. The van der Waals surface area contributed by atoms with E-state index < -0.39 is 0 Å². The maximum Gasteiger partial charge on any atom is 0.168 e. The molecule has 0 heterocycles. The summed E-state index contributed by atoms with van der Waals surface area (Å²) in [5, 5.41) is 12.1. The minimum Gasteiger partial charge on any atom is -0.395 e. The number of aliphatic hydroxyl groups is 1. The summed E-state index contributed by atoms with van der Waals surface area (Å²) in [6, 6.07) is 0. The van der Waals surface area contributed by atoms with Crippen molar-refractivity contribution in [3.05, 3.63) is 12.7 Å². The quantitative estimate of drug-likeness (QED) is 0.463. The van der Waals surface area contributed by atoms with Crippen LogP contribution in [0.2, 0.25) is 0 Å². The molecule has 0 aliphatic carbocycles. The first-order valence-electron chi connectivity index (χ1n) is 3.43. The Labute approximate surface area is 72.7 Å². The molecule has 0 bridgehead atoms. The van der Waals surface area contributed by atoms with Crippen LogP contribution < -0.4 is 5.32 Å². The average molecular weight is 174 g/mol. The van der Waals surface area contributed by atoms with Crippen LogP contribution in [0.4, 0.5) is 0 Å². The van der Waals surface area contributed by atoms with Gasteiger partial charge in [-0.25, -0.2) is 0 Å². The standard InChI is InChI=1S/C7H14N2OS/c1-3-4-8-7(11)9(2)5-6-10/h3,10H,1,4-6H2,2H3,(H,8,11). The lowest BCUT2D eigenvalue weighted by Gasteiger charge is -2.18. The third-order valence-corrected chi connectivity index (χ3v) is 1.64. The van der Waals surface area contributed by atoms with Gasteiger partial charge in [0, 0.05) is 20.1 Å². The Kier molecular flexibility index (Phi) is 5.78. The van der Waals surface area contributed by atoms with Crippen LogP contribution >= 0.6 is 12.2 Å².